The molecule has 0 aromatic heterocycles. The highest BCUT2D eigenvalue weighted by molar-refractivity contribution is 14.0. The van der Waals surface area contributed by atoms with Gasteiger partial charge in [-0.25, -0.2) is 4.99 Å². The Labute approximate surface area is 168 Å². The van der Waals surface area contributed by atoms with Crippen LogP contribution in [-0.4, -0.2) is 61.0 Å². The Hall–Kier alpha value is -0.180. The van der Waals surface area contributed by atoms with Gasteiger partial charge >= 0.3 is 0 Å². The number of aliphatic imine (C=N–C) groups is 1. The van der Waals surface area contributed by atoms with Gasteiger partial charge in [-0.3, -0.25) is 4.79 Å². The smallest absolute Gasteiger partial charge is 0.243 e. The van der Waals surface area contributed by atoms with Crippen LogP contribution in [0, 0.1) is 0 Å². The van der Waals surface area contributed by atoms with Crippen LogP contribution in [0.1, 0.15) is 51.4 Å². The molecule has 0 spiro atoms. The van der Waals surface area contributed by atoms with E-state index < -0.39 is 0 Å². The minimum absolute atomic E-state index is 0. The molecule has 0 aromatic rings. The molecule has 1 aliphatic heterocycles. The maximum absolute atomic E-state index is 11.8. The van der Waals surface area contributed by atoms with E-state index in [2.05, 4.69) is 27.4 Å². The first-order chi connectivity index (χ1) is 11.1. The van der Waals surface area contributed by atoms with Gasteiger partial charge in [0.2, 0.25) is 5.91 Å². The van der Waals surface area contributed by atoms with Gasteiger partial charge in [-0.15, -0.1) is 24.0 Å². The summed E-state index contributed by atoms with van der Waals surface area (Å²) in [6.45, 7) is 1.16. The van der Waals surface area contributed by atoms with E-state index in [0.717, 1.165) is 12.5 Å². The van der Waals surface area contributed by atoms with Gasteiger partial charge in [0.25, 0.3) is 0 Å². The van der Waals surface area contributed by atoms with Gasteiger partial charge in [0, 0.05) is 31.9 Å². The number of carbonyl (C=O) groups excluding carboxylic acids is 1. The Morgan fingerprint density at radius 3 is 2.46 bits per heavy atom. The Bertz CT molecular complexity index is 394. The Balaban J connectivity index is 0.00000288. The quantitative estimate of drug-likeness (QED) is 0.370. The maximum Gasteiger partial charge on any atom is 0.243 e. The zero-order valence-corrected chi connectivity index (χ0v) is 18.2. The largest absolute Gasteiger partial charge is 0.355 e. The van der Waals surface area contributed by atoms with Crippen molar-refractivity contribution in [2.24, 2.45) is 4.99 Å². The van der Waals surface area contributed by atoms with Gasteiger partial charge in [-0.2, -0.15) is 11.8 Å². The highest BCUT2D eigenvalue weighted by Crippen LogP contribution is 2.24. The summed E-state index contributed by atoms with van der Waals surface area (Å²) < 4.78 is 0. The van der Waals surface area contributed by atoms with Crippen LogP contribution in [0.3, 0.4) is 0 Å². The lowest BCUT2D eigenvalue weighted by Gasteiger charge is -2.27. The van der Waals surface area contributed by atoms with Crippen LogP contribution in [-0.2, 0) is 4.79 Å². The molecule has 1 heterocycles. The molecule has 24 heavy (non-hydrogen) atoms. The van der Waals surface area contributed by atoms with Crippen molar-refractivity contribution in [3.05, 3.63) is 0 Å². The predicted molar refractivity (Wildman–Crippen MR) is 115 cm³/mol. The minimum Gasteiger partial charge on any atom is -0.355 e. The van der Waals surface area contributed by atoms with E-state index in [1.54, 1.807) is 19.0 Å². The number of nitrogens with zero attached hydrogens (tertiary/aromatic N) is 2. The summed E-state index contributed by atoms with van der Waals surface area (Å²) in [6, 6.07) is 0.503. The van der Waals surface area contributed by atoms with Gasteiger partial charge in [0.05, 0.1) is 0 Å². The molecule has 1 aliphatic carbocycles. The average molecular weight is 468 g/mol. The highest BCUT2D eigenvalue weighted by Gasteiger charge is 2.17. The highest BCUT2D eigenvalue weighted by atomic mass is 127. The summed E-state index contributed by atoms with van der Waals surface area (Å²) in [4.78, 5) is 17.9. The zero-order chi connectivity index (χ0) is 16.5. The van der Waals surface area contributed by atoms with E-state index in [-0.39, 0.29) is 36.4 Å². The molecule has 2 aliphatic rings. The number of nitrogens with one attached hydrogen (secondary N) is 2. The van der Waals surface area contributed by atoms with Crippen LogP contribution < -0.4 is 10.6 Å². The van der Waals surface area contributed by atoms with Crippen molar-refractivity contribution in [2.45, 2.75) is 62.7 Å². The monoisotopic (exact) mass is 468 g/mol. The van der Waals surface area contributed by atoms with Crippen LogP contribution in [0.25, 0.3) is 0 Å². The molecule has 7 heteroatoms. The summed E-state index contributed by atoms with van der Waals surface area (Å²) in [5.41, 5.74) is 0. The van der Waals surface area contributed by atoms with Gasteiger partial charge < -0.3 is 15.5 Å². The predicted octanol–water partition coefficient (Wildman–Crippen LogP) is 2.85. The molecule has 0 radical (unpaired) electrons. The Morgan fingerprint density at radius 2 is 1.83 bits per heavy atom. The molecular weight excluding hydrogens is 435 g/mol. The average Bonchev–Trinajstić information content (AvgIpc) is 2.58. The first kappa shape index (κ1) is 21.9. The van der Waals surface area contributed by atoms with Crippen LogP contribution in [0.15, 0.2) is 4.99 Å². The van der Waals surface area contributed by atoms with E-state index >= 15 is 0 Å². The maximum atomic E-state index is 11.8. The van der Waals surface area contributed by atoms with Crippen molar-refractivity contribution in [2.75, 3.05) is 32.9 Å². The van der Waals surface area contributed by atoms with Gasteiger partial charge in [-0.1, -0.05) is 25.7 Å². The molecule has 2 fully saturated rings. The molecule has 0 bridgehead atoms. The van der Waals surface area contributed by atoms with Crippen molar-refractivity contribution < 1.29 is 4.79 Å². The molecule has 5 nitrogen and oxygen atoms in total. The fourth-order valence-electron chi connectivity index (χ4n) is 3.06. The normalized spacial score (nSPS) is 22.4. The molecule has 1 saturated carbocycles. The lowest BCUT2D eigenvalue weighted by Crippen LogP contribution is -2.46. The van der Waals surface area contributed by atoms with E-state index in [0.29, 0.717) is 11.3 Å². The van der Waals surface area contributed by atoms with Crippen molar-refractivity contribution in [1.82, 2.24) is 15.5 Å². The molecule has 1 atom stereocenters. The summed E-state index contributed by atoms with van der Waals surface area (Å²) in [5, 5.41) is 7.70. The second kappa shape index (κ2) is 12.2. The standard InChI is InChI=1S/C17H32N4OS.HI/c1-21(2)16(22)13-19-17(20-14-8-4-3-5-9-14)18-12-15-10-6-7-11-23-15;/h14-15H,3-13H2,1-2H3,(H2,18,19,20);1H. The van der Waals surface area contributed by atoms with E-state index in [1.807, 2.05) is 0 Å². The van der Waals surface area contributed by atoms with Crippen molar-refractivity contribution in [3.8, 4) is 0 Å². The SMILES string of the molecule is CN(C)C(=O)CN=C(NCC1CCCCS1)NC1CCCCC1.I. The number of rotatable bonds is 5. The summed E-state index contributed by atoms with van der Waals surface area (Å²) in [7, 11) is 3.55. The number of thioether (sulfide) groups is 1. The number of hydrogen-bond acceptors (Lipinski definition) is 3. The fraction of sp³-hybridized carbons (Fsp3) is 0.882. The van der Waals surface area contributed by atoms with Crippen molar-refractivity contribution in [1.29, 1.82) is 0 Å². The van der Waals surface area contributed by atoms with Crippen LogP contribution in [0.2, 0.25) is 0 Å². The number of likely N-dealkylation sites (N-methyl/N-ethyl adjacent to an activating group) is 1. The van der Waals surface area contributed by atoms with Gasteiger partial charge in [0.1, 0.15) is 6.54 Å². The molecule has 1 saturated heterocycles. The Morgan fingerprint density at radius 1 is 1.12 bits per heavy atom. The third-order valence-electron chi connectivity index (χ3n) is 4.59. The molecule has 0 aromatic carbocycles. The third-order valence-corrected chi connectivity index (χ3v) is 5.99. The van der Waals surface area contributed by atoms with Gasteiger partial charge in [-0.05, 0) is 31.4 Å². The van der Waals surface area contributed by atoms with E-state index in [9.17, 15) is 4.79 Å². The molecule has 1 unspecified atom stereocenters. The summed E-state index contributed by atoms with van der Waals surface area (Å²) in [6.07, 6.45) is 10.3. The number of carbonyl (C=O) groups is 1. The second-order valence-electron chi connectivity index (χ2n) is 6.80. The fourth-order valence-corrected chi connectivity index (χ4v) is 4.30. The number of guanidine groups is 1. The second-order valence-corrected chi connectivity index (χ2v) is 8.21. The van der Waals surface area contributed by atoms with Crippen LogP contribution >= 0.6 is 35.7 Å². The van der Waals surface area contributed by atoms with E-state index in [4.69, 9.17) is 0 Å². The number of hydrogen-bond donors (Lipinski definition) is 2. The molecule has 1 amide bonds. The molecular formula is C17H33IN4OS. The molecule has 2 N–H and O–H groups in total. The lowest BCUT2D eigenvalue weighted by molar-refractivity contribution is -0.127. The first-order valence-electron chi connectivity index (χ1n) is 9.02. The molecule has 140 valence electrons. The topological polar surface area (TPSA) is 56.7 Å². The lowest BCUT2D eigenvalue weighted by atomic mass is 9.96. The van der Waals surface area contributed by atoms with Crippen LogP contribution in [0.5, 0.6) is 0 Å². The van der Waals surface area contributed by atoms with Gasteiger partial charge in [0.15, 0.2) is 5.96 Å². The zero-order valence-electron chi connectivity index (χ0n) is 15.1. The first-order valence-corrected chi connectivity index (χ1v) is 10.1. The molecule has 2 rings (SSSR count). The number of amides is 1. The third kappa shape index (κ3) is 8.27. The van der Waals surface area contributed by atoms with Crippen molar-refractivity contribution >= 4 is 47.6 Å². The van der Waals surface area contributed by atoms with Crippen LogP contribution in [0.4, 0.5) is 0 Å². The summed E-state index contributed by atoms with van der Waals surface area (Å²) >= 11 is 2.06. The minimum atomic E-state index is 0. The summed E-state index contributed by atoms with van der Waals surface area (Å²) in [5.74, 6) is 2.13. The Kier molecular flexibility index (Phi) is 11.1. The van der Waals surface area contributed by atoms with Crippen molar-refractivity contribution in [3.63, 3.8) is 0 Å². The number of halogens is 1. The van der Waals surface area contributed by atoms with E-state index in [1.165, 1.54) is 57.1 Å².